The van der Waals surface area contributed by atoms with Crippen LogP contribution in [0.2, 0.25) is 0 Å². The molecule has 1 N–H and O–H groups in total. The third kappa shape index (κ3) is 6.48. The topological polar surface area (TPSA) is 56.7 Å². The Bertz CT molecular complexity index is 825. The summed E-state index contributed by atoms with van der Waals surface area (Å²) < 4.78 is 0. The standard InChI is InChI=1S/C23H23N3O.C2H6.CH4O/c27-23(21-12-7-13-24-18-21)26-16-14-25(15-17-26)22(19-8-3-1-4-9-19)20-10-5-2-6-11-20;2*1-2/h1-13,18,22H,14-17H2;1-2H3;2H,1H3. The molecule has 0 unspecified atom stereocenters. The number of carbonyl (C=O) groups excluding carboxylic acids is 1. The van der Waals surface area contributed by atoms with E-state index in [4.69, 9.17) is 5.11 Å². The fraction of sp³-hybridized carbons (Fsp3) is 0.308. The van der Waals surface area contributed by atoms with Crippen molar-refractivity contribution in [2.45, 2.75) is 19.9 Å². The van der Waals surface area contributed by atoms with Crippen molar-refractivity contribution in [3.63, 3.8) is 0 Å². The van der Waals surface area contributed by atoms with Crippen LogP contribution in [0.3, 0.4) is 0 Å². The number of aromatic nitrogens is 1. The average Bonchev–Trinajstić information content (AvgIpc) is 2.88. The molecule has 1 amide bonds. The number of rotatable bonds is 4. The zero-order chi connectivity index (χ0) is 22.5. The number of piperazine rings is 1. The molecule has 0 bridgehead atoms. The van der Waals surface area contributed by atoms with E-state index in [2.05, 4.69) is 70.5 Å². The Morgan fingerprint density at radius 2 is 1.32 bits per heavy atom. The molecule has 0 atom stereocenters. The molecular formula is C26H33N3O2. The second kappa shape index (κ2) is 13.3. The summed E-state index contributed by atoms with van der Waals surface area (Å²) in [6.45, 7) is 7.15. The lowest BCUT2D eigenvalue weighted by atomic mass is 9.96. The molecule has 2 heterocycles. The van der Waals surface area contributed by atoms with Crippen LogP contribution in [-0.4, -0.2) is 59.1 Å². The molecule has 1 aliphatic rings. The van der Waals surface area contributed by atoms with E-state index in [9.17, 15) is 4.79 Å². The van der Waals surface area contributed by atoms with Gasteiger partial charge in [-0.3, -0.25) is 14.7 Å². The third-order valence-electron chi connectivity index (χ3n) is 5.11. The van der Waals surface area contributed by atoms with Crippen molar-refractivity contribution < 1.29 is 9.90 Å². The molecule has 5 heteroatoms. The maximum Gasteiger partial charge on any atom is 0.255 e. The summed E-state index contributed by atoms with van der Waals surface area (Å²) in [5, 5.41) is 7.00. The highest BCUT2D eigenvalue weighted by atomic mass is 16.2. The van der Waals surface area contributed by atoms with Crippen molar-refractivity contribution in [1.82, 2.24) is 14.8 Å². The summed E-state index contributed by atoms with van der Waals surface area (Å²) in [6.07, 6.45) is 3.34. The fourth-order valence-corrected chi connectivity index (χ4v) is 3.74. The lowest BCUT2D eigenvalue weighted by Gasteiger charge is -2.39. The Labute approximate surface area is 186 Å². The molecule has 0 aliphatic carbocycles. The van der Waals surface area contributed by atoms with E-state index in [1.807, 2.05) is 30.9 Å². The Morgan fingerprint density at radius 1 is 0.806 bits per heavy atom. The Kier molecular flexibility index (Phi) is 10.4. The van der Waals surface area contributed by atoms with Gasteiger partial charge in [0.15, 0.2) is 0 Å². The second-order valence-corrected chi connectivity index (χ2v) is 6.79. The molecule has 0 spiro atoms. The number of benzene rings is 2. The summed E-state index contributed by atoms with van der Waals surface area (Å²) in [4.78, 5) is 21.1. The summed E-state index contributed by atoms with van der Waals surface area (Å²) in [7, 11) is 1.00. The first-order chi connectivity index (χ1) is 15.3. The lowest BCUT2D eigenvalue weighted by Crippen LogP contribution is -2.49. The van der Waals surface area contributed by atoms with Crippen molar-refractivity contribution in [1.29, 1.82) is 0 Å². The van der Waals surface area contributed by atoms with Crippen molar-refractivity contribution >= 4 is 5.91 Å². The van der Waals surface area contributed by atoms with Gasteiger partial charge in [0, 0.05) is 45.7 Å². The van der Waals surface area contributed by atoms with Crippen molar-refractivity contribution in [2.24, 2.45) is 0 Å². The van der Waals surface area contributed by atoms with Crippen LogP contribution in [0, 0.1) is 0 Å². The van der Waals surface area contributed by atoms with Crippen LogP contribution in [-0.2, 0) is 0 Å². The van der Waals surface area contributed by atoms with Crippen LogP contribution >= 0.6 is 0 Å². The van der Waals surface area contributed by atoms with E-state index in [-0.39, 0.29) is 11.9 Å². The van der Waals surface area contributed by atoms with Gasteiger partial charge in [-0.1, -0.05) is 74.5 Å². The van der Waals surface area contributed by atoms with Crippen molar-refractivity contribution in [2.75, 3.05) is 33.3 Å². The highest BCUT2D eigenvalue weighted by Crippen LogP contribution is 2.29. The second-order valence-electron chi connectivity index (χ2n) is 6.79. The SMILES string of the molecule is CC.CO.O=C(c1cccnc1)N1CCN(C(c2ccccc2)c2ccccc2)CC1. The van der Waals surface area contributed by atoms with Crippen molar-refractivity contribution in [3.8, 4) is 0 Å². The summed E-state index contributed by atoms with van der Waals surface area (Å²) in [5.41, 5.74) is 3.24. The largest absolute Gasteiger partial charge is 0.400 e. The number of amides is 1. The van der Waals surface area contributed by atoms with E-state index in [0.717, 1.165) is 33.3 Å². The summed E-state index contributed by atoms with van der Waals surface area (Å²) in [6, 6.07) is 25.1. The molecule has 0 saturated carbocycles. The normalized spacial score (nSPS) is 13.5. The molecular weight excluding hydrogens is 386 g/mol. The zero-order valence-electron chi connectivity index (χ0n) is 18.7. The summed E-state index contributed by atoms with van der Waals surface area (Å²) >= 11 is 0. The van der Waals surface area contributed by atoms with Crippen LogP contribution in [0.25, 0.3) is 0 Å². The monoisotopic (exact) mass is 419 g/mol. The molecule has 4 rings (SSSR count). The van der Waals surface area contributed by atoms with E-state index < -0.39 is 0 Å². The predicted octanol–water partition coefficient (Wildman–Crippen LogP) is 4.26. The van der Waals surface area contributed by atoms with E-state index in [1.165, 1.54) is 11.1 Å². The molecule has 2 aromatic carbocycles. The van der Waals surface area contributed by atoms with Gasteiger partial charge in [-0.25, -0.2) is 0 Å². The number of hydrogen-bond donors (Lipinski definition) is 1. The van der Waals surface area contributed by atoms with Crippen LogP contribution < -0.4 is 0 Å². The van der Waals surface area contributed by atoms with E-state index in [0.29, 0.717) is 5.56 Å². The number of aliphatic hydroxyl groups is 1. The molecule has 0 radical (unpaired) electrons. The Morgan fingerprint density at radius 3 is 1.77 bits per heavy atom. The fourth-order valence-electron chi connectivity index (χ4n) is 3.74. The molecule has 31 heavy (non-hydrogen) atoms. The van der Waals surface area contributed by atoms with Gasteiger partial charge in [0.05, 0.1) is 11.6 Å². The molecule has 1 aliphatic heterocycles. The summed E-state index contributed by atoms with van der Waals surface area (Å²) in [5.74, 6) is 0.0683. The smallest absolute Gasteiger partial charge is 0.255 e. The van der Waals surface area contributed by atoms with Crippen LogP contribution in [0.5, 0.6) is 0 Å². The number of aliphatic hydroxyl groups excluding tert-OH is 1. The number of hydrogen-bond acceptors (Lipinski definition) is 4. The molecule has 5 nitrogen and oxygen atoms in total. The minimum Gasteiger partial charge on any atom is -0.400 e. The van der Waals surface area contributed by atoms with Crippen LogP contribution in [0.15, 0.2) is 85.2 Å². The predicted molar refractivity (Wildman–Crippen MR) is 126 cm³/mol. The van der Waals surface area contributed by atoms with E-state index >= 15 is 0 Å². The maximum absolute atomic E-state index is 12.7. The van der Waals surface area contributed by atoms with Crippen LogP contribution in [0.1, 0.15) is 41.4 Å². The Hall–Kier alpha value is -3.02. The number of carbonyl (C=O) groups is 1. The van der Waals surface area contributed by atoms with Gasteiger partial charge in [-0.15, -0.1) is 0 Å². The highest BCUT2D eigenvalue weighted by molar-refractivity contribution is 5.93. The van der Waals surface area contributed by atoms with Gasteiger partial charge in [0.2, 0.25) is 0 Å². The minimum absolute atomic E-state index is 0.0683. The highest BCUT2D eigenvalue weighted by Gasteiger charge is 2.28. The first-order valence-electron chi connectivity index (χ1n) is 10.8. The molecule has 1 fully saturated rings. The molecule has 1 aromatic heterocycles. The minimum atomic E-state index is 0.0683. The average molecular weight is 420 g/mol. The van der Waals surface area contributed by atoms with Gasteiger partial charge in [0.1, 0.15) is 0 Å². The van der Waals surface area contributed by atoms with E-state index in [1.54, 1.807) is 12.4 Å². The first kappa shape index (κ1) is 24.3. The lowest BCUT2D eigenvalue weighted by molar-refractivity contribution is 0.0597. The third-order valence-corrected chi connectivity index (χ3v) is 5.11. The Balaban J connectivity index is 0.000000807. The number of pyridine rings is 1. The van der Waals surface area contributed by atoms with Gasteiger partial charge < -0.3 is 10.0 Å². The molecule has 3 aromatic rings. The molecule has 1 saturated heterocycles. The molecule has 164 valence electrons. The van der Waals surface area contributed by atoms with Crippen molar-refractivity contribution in [3.05, 3.63) is 102 Å². The van der Waals surface area contributed by atoms with Gasteiger partial charge >= 0.3 is 0 Å². The number of nitrogens with zero attached hydrogens (tertiary/aromatic N) is 3. The van der Waals surface area contributed by atoms with Crippen LogP contribution in [0.4, 0.5) is 0 Å². The first-order valence-corrected chi connectivity index (χ1v) is 10.8. The van der Waals surface area contributed by atoms with Gasteiger partial charge in [-0.05, 0) is 23.3 Å². The quantitative estimate of drug-likeness (QED) is 0.686. The van der Waals surface area contributed by atoms with Gasteiger partial charge in [0.25, 0.3) is 5.91 Å². The van der Waals surface area contributed by atoms with Gasteiger partial charge in [-0.2, -0.15) is 0 Å². The zero-order valence-corrected chi connectivity index (χ0v) is 18.7. The maximum atomic E-state index is 12.7.